The zero-order valence-electron chi connectivity index (χ0n) is 14.2. The lowest BCUT2D eigenvalue weighted by Gasteiger charge is -2.28. The lowest BCUT2D eigenvalue weighted by Crippen LogP contribution is -2.36. The molecule has 6 heteroatoms. The summed E-state index contributed by atoms with van der Waals surface area (Å²) in [6.07, 6.45) is 2.53. The van der Waals surface area contributed by atoms with Crippen LogP contribution in [-0.4, -0.2) is 38.0 Å². The molecule has 0 saturated carbocycles. The Balaban J connectivity index is 1.55. The monoisotopic (exact) mass is 414 g/mol. The van der Waals surface area contributed by atoms with E-state index in [0.717, 1.165) is 36.5 Å². The molecule has 5 nitrogen and oxygen atoms in total. The van der Waals surface area contributed by atoms with Crippen LogP contribution < -0.4 is 10.2 Å². The lowest BCUT2D eigenvalue weighted by molar-refractivity contribution is -0.111. The average molecular weight is 415 g/mol. The normalized spacial score (nSPS) is 14.4. The summed E-state index contributed by atoms with van der Waals surface area (Å²) in [6, 6.07) is 14.6. The number of benzene rings is 2. The summed E-state index contributed by atoms with van der Waals surface area (Å²) in [7, 11) is 0. The summed E-state index contributed by atoms with van der Waals surface area (Å²) < 4.78 is 6.24. The maximum Gasteiger partial charge on any atom is 0.248 e. The van der Waals surface area contributed by atoms with Gasteiger partial charge in [-0.1, -0.05) is 15.9 Å². The number of carbonyl (C=O) groups is 2. The highest BCUT2D eigenvalue weighted by molar-refractivity contribution is 9.10. The number of anilines is 2. The molecule has 0 bridgehead atoms. The molecule has 1 aliphatic heterocycles. The number of halogens is 1. The quantitative estimate of drug-likeness (QED) is 0.598. The second kappa shape index (κ2) is 8.78. The minimum atomic E-state index is -0.338. The molecule has 0 aliphatic carbocycles. The molecular weight excluding hydrogens is 396 g/mol. The fourth-order valence-corrected chi connectivity index (χ4v) is 2.89. The minimum absolute atomic E-state index is 0.213. The zero-order valence-corrected chi connectivity index (χ0v) is 15.7. The first-order chi connectivity index (χ1) is 12.6. The first kappa shape index (κ1) is 18.4. The van der Waals surface area contributed by atoms with Gasteiger partial charge in [-0.2, -0.15) is 0 Å². The Bertz CT molecular complexity index is 795. The summed E-state index contributed by atoms with van der Waals surface area (Å²) in [5.74, 6) is -0.551. The van der Waals surface area contributed by atoms with E-state index in [1.165, 1.54) is 12.2 Å². The Kier molecular flexibility index (Phi) is 6.20. The van der Waals surface area contributed by atoms with Crippen LogP contribution in [0.2, 0.25) is 0 Å². The molecular formula is C20H19BrN2O3. The molecule has 1 N–H and O–H groups in total. The van der Waals surface area contributed by atoms with Crippen molar-refractivity contribution in [3.8, 4) is 0 Å². The van der Waals surface area contributed by atoms with Crippen molar-refractivity contribution in [3.63, 3.8) is 0 Å². The lowest BCUT2D eigenvalue weighted by atomic mass is 10.1. The Labute approximate surface area is 160 Å². The van der Waals surface area contributed by atoms with Gasteiger partial charge in [0.05, 0.1) is 13.2 Å². The Morgan fingerprint density at radius 1 is 0.962 bits per heavy atom. The van der Waals surface area contributed by atoms with E-state index in [1.54, 1.807) is 24.3 Å². The second-order valence-corrected chi connectivity index (χ2v) is 6.76. The third kappa shape index (κ3) is 5.03. The van der Waals surface area contributed by atoms with Gasteiger partial charge in [-0.15, -0.1) is 0 Å². The predicted molar refractivity (Wildman–Crippen MR) is 106 cm³/mol. The van der Waals surface area contributed by atoms with Gasteiger partial charge in [0.25, 0.3) is 0 Å². The van der Waals surface area contributed by atoms with E-state index in [4.69, 9.17) is 4.74 Å². The molecule has 2 aromatic carbocycles. The topological polar surface area (TPSA) is 58.6 Å². The van der Waals surface area contributed by atoms with E-state index in [-0.39, 0.29) is 11.7 Å². The van der Waals surface area contributed by atoms with Crippen molar-refractivity contribution in [1.82, 2.24) is 0 Å². The fraction of sp³-hybridized carbons (Fsp3) is 0.200. The van der Waals surface area contributed by atoms with Gasteiger partial charge in [-0.3, -0.25) is 9.59 Å². The summed E-state index contributed by atoms with van der Waals surface area (Å²) in [5.41, 5.74) is 2.33. The number of hydrogen-bond acceptors (Lipinski definition) is 4. The predicted octanol–water partition coefficient (Wildman–Crippen LogP) is 3.66. The number of morpholine rings is 1. The van der Waals surface area contributed by atoms with Gasteiger partial charge >= 0.3 is 0 Å². The maximum atomic E-state index is 12.0. The Hall–Kier alpha value is -2.44. The van der Waals surface area contributed by atoms with Crippen LogP contribution in [0, 0.1) is 0 Å². The van der Waals surface area contributed by atoms with Crippen molar-refractivity contribution >= 4 is 39.0 Å². The van der Waals surface area contributed by atoms with E-state index in [9.17, 15) is 9.59 Å². The third-order valence-electron chi connectivity index (χ3n) is 4.03. The molecule has 1 fully saturated rings. The van der Waals surface area contributed by atoms with Crippen molar-refractivity contribution in [1.29, 1.82) is 0 Å². The summed E-state index contributed by atoms with van der Waals surface area (Å²) in [4.78, 5) is 26.3. The molecule has 0 radical (unpaired) electrons. The van der Waals surface area contributed by atoms with Gasteiger partial charge in [-0.05, 0) is 54.6 Å². The molecule has 3 rings (SSSR count). The van der Waals surface area contributed by atoms with Gasteiger partial charge in [0, 0.05) is 40.6 Å². The molecule has 0 atom stereocenters. The van der Waals surface area contributed by atoms with E-state index in [0.29, 0.717) is 11.3 Å². The van der Waals surface area contributed by atoms with Gasteiger partial charge < -0.3 is 15.0 Å². The van der Waals surface area contributed by atoms with Gasteiger partial charge in [0.2, 0.25) is 5.91 Å². The van der Waals surface area contributed by atoms with Crippen LogP contribution in [0.5, 0.6) is 0 Å². The highest BCUT2D eigenvalue weighted by Gasteiger charge is 2.11. The molecule has 2 aromatic rings. The number of nitrogens with zero attached hydrogens (tertiary/aromatic N) is 1. The summed E-state index contributed by atoms with van der Waals surface area (Å²) in [5, 5.41) is 2.76. The van der Waals surface area contributed by atoms with Crippen LogP contribution in [0.4, 0.5) is 11.4 Å². The number of rotatable bonds is 5. The number of nitrogens with one attached hydrogen (secondary N) is 1. The van der Waals surface area contributed by atoms with Crippen LogP contribution in [-0.2, 0) is 9.53 Å². The van der Waals surface area contributed by atoms with Crippen LogP contribution in [0.15, 0.2) is 65.2 Å². The van der Waals surface area contributed by atoms with Crippen molar-refractivity contribution in [2.45, 2.75) is 0 Å². The molecule has 1 amide bonds. The first-order valence-electron chi connectivity index (χ1n) is 8.33. The second-order valence-electron chi connectivity index (χ2n) is 5.84. The highest BCUT2D eigenvalue weighted by atomic mass is 79.9. The van der Waals surface area contributed by atoms with Crippen molar-refractivity contribution in [3.05, 3.63) is 70.7 Å². The minimum Gasteiger partial charge on any atom is -0.378 e. The SMILES string of the molecule is O=C(/C=C/C(=O)c1ccc(Br)cc1)Nc1ccc(N2CCOCC2)cc1. The maximum absolute atomic E-state index is 12.0. The molecule has 0 aromatic heterocycles. The van der Waals surface area contributed by atoms with Crippen LogP contribution in [0.1, 0.15) is 10.4 Å². The van der Waals surface area contributed by atoms with E-state index < -0.39 is 0 Å². The standard InChI is InChI=1S/C20H19BrN2O3/c21-16-3-1-15(2-4-16)19(24)9-10-20(25)22-17-5-7-18(8-6-17)23-11-13-26-14-12-23/h1-10H,11-14H2,(H,22,25)/b10-9+. The van der Waals surface area contributed by atoms with E-state index >= 15 is 0 Å². The third-order valence-corrected chi connectivity index (χ3v) is 4.55. The number of ketones is 1. The largest absolute Gasteiger partial charge is 0.378 e. The van der Waals surface area contributed by atoms with Gasteiger partial charge in [0.1, 0.15) is 0 Å². The first-order valence-corrected chi connectivity index (χ1v) is 9.13. The molecule has 0 unspecified atom stereocenters. The number of hydrogen-bond donors (Lipinski definition) is 1. The summed E-state index contributed by atoms with van der Waals surface area (Å²) in [6.45, 7) is 3.20. The number of allylic oxidation sites excluding steroid dienone is 1. The zero-order chi connectivity index (χ0) is 18.4. The molecule has 0 spiro atoms. The van der Waals surface area contributed by atoms with Crippen LogP contribution >= 0.6 is 15.9 Å². The van der Waals surface area contributed by atoms with Crippen molar-refractivity contribution in [2.24, 2.45) is 0 Å². The van der Waals surface area contributed by atoms with Gasteiger partial charge in [0.15, 0.2) is 5.78 Å². The van der Waals surface area contributed by atoms with E-state index in [1.807, 2.05) is 24.3 Å². The van der Waals surface area contributed by atoms with Crippen LogP contribution in [0.3, 0.4) is 0 Å². The van der Waals surface area contributed by atoms with E-state index in [2.05, 4.69) is 26.1 Å². The highest BCUT2D eigenvalue weighted by Crippen LogP contribution is 2.19. The van der Waals surface area contributed by atoms with Crippen LogP contribution in [0.25, 0.3) is 0 Å². The molecule has 26 heavy (non-hydrogen) atoms. The number of carbonyl (C=O) groups excluding carboxylic acids is 2. The molecule has 1 aliphatic rings. The molecule has 134 valence electrons. The fourth-order valence-electron chi connectivity index (χ4n) is 2.62. The number of ether oxygens (including phenoxy) is 1. The van der Waals surface area contributed by atoms with Crippen molar-refractivity contribution in [2.75, 3.05) is 36.5 Å². The van der Waals surface area contributed by atoms with Crippen molar-refractivity contribution < 1.29 is 14.3 Å². The Morgan fingerprint density at radius 3 is 2.27 bits per heavy atom. The number of amides is 1. The Morgan fingerprint density at radius 2 is 1.62 bits per heavy atom. The average Bonchev–Trinajstić information content (AvgIpc) is 2.68. The van der Waals surface area contributed by atoms with Gasteiger partial charge in [-0.25, -0.2) is 0 Å². The molecule has 1 saturated heterocycles. The summed E-state index contributed by atoms with van der Waals surface area (Å²) >= 11 is 3.32. The smallest absolute Gasteiger partial charge is 0.248 e. The molecule has 1 heterocycles.